The Morgan fingerprint density at radius 2 is 1.45 bits per heavy atom. The van der Waals surface area contributed by atoms with E-state index < -0.39 is 55.0 Å². The molecule has 10 heteroatoms. The Hall–Kier alpha value is -1.19. The van der Waals surface area contributed by atoms with Gasteiger partial charge in [0, 0.05) is 6.42 Å². The van der Waals surface area contributed by atoms with Gasteiger partial charge in [-0.3, -0.25) is 0 Å². The summed E-state index contributed by atoms with van der Waals surface area (Å²) < 4.78 is 116. The summed E-state index contributed by atoms with van der Waals surface area (Å²) in [4.78, 5) is 0. The van der Waals surface area contributed by atoms with Crippen molar-refractivity contribution in [2.24, 2.45) is 23.7 Å². The molecule has 0 amide bonds. The molecule has 0 radical (unpaired) electrons. The standard InChI is InChI=1S/C21H27F9O/c22-17(18(23)24)11-14(12-19(31,20(25,26)27)21(28,29)30)5-3-4-13-8-9-15-6-1-2-7-16(15)10-13/h3-4,13-16,31H,1-2,5-12H2/b4-3+. The second kappa shape index (κ2) is 10.2. The lowest BCUT2D eigenvalue weighted by Crippen LogP contribution is -2.57. The van der Waals surface area contributed by atoms with Gasteiger partial charge in [0.25, 0.3) is 5.60 Å². The van der Waals surface area contributed by atoms with Gasteiger partial charge >= 0.3 is 18.4 Å². The highest BCUT2D eigenvalue weighted by Crippen LogP contribution is 2.48. The molecule has 4 atom stereocenters. The van der Waals surface area contributed by atoms with Crippen molar-refractivity contribution in [3.05, 3.63) is 24.1 Å². The molecule has 0 bridgehead atoms. The van der Waals surface area contributed by atoms with Gasteiger partial charge in [-0.2, -0.15) is 35.1 Å². The fourth-order valence-electron chi connectivity index (χ4n) is 4.93. The number of alkyl halides is 6. The van der Waals surface area contributed by atoms with Crippen LogP contribution in [0.3, 0.4) is 0 Å². The first-order valence-corrected chi connectivity index (χ1v) is 10.5. The average Bonchev–Trinajstić information content (AvgIpc) is 2.65. The monoisotopic (exact) mass is 466 g/mol. The van der Waals surface area contributed by atoms with Crippen LogP contribution < -0.4 is 0 Å². The fourth-order valence-corrected chi connectivity index (χ4v) is 4.93. The maximum absolute atomic E-state index is 13.4. The molecular formula is C21H27F9O. The molecule has 0 aromatic heterocycles. The molecule has 2 saturated carbocycles. The van der Waals surface area contributed by atoms with E-state index in [2.05, 4.69) is 0 Å². The van der Waals surface area contributed by atoms with Crippen LogP contribution in [-0.2, 0) is 0 Å². The van der Waals surface area contributed by atoms with Crippen molar-refractivity contribution in [1.29, 1.82) is 0 Å². The van der Waals surface area contributed by atoms with Crippen LogP contribution >= 0.6 is 0 Å². The van der Waals surface area contributed by atoms with E-state index in [1.165, 1.54) is 12.5 Å². The van der Waals surface area contributed by atoms with E-state index in [0.717, 1.165) is 38.5 Å². The Morgan fingerprint density at radius 3 is 2.00 bits per heavy atom. The lowest BCUT2D eigenvalue weighted by Gasteiger charge is -2.38. The molecule has 1 nitrogen and oxygen atoms in total. The van der Waals surface area contributed by atoms with Gasteiger partial charge in [0.1, 0.15) is 0 Å². The first-order chi connectivity index (χ1) is 14.2. The highest BCUT2D eigenvalue weighted by atomic mass is 19.4. The third-order valence-corrected chi connectivity index (χ3v) is 6.65. The van der Waals surface area contributed by atoms with Gasteiger partial charge < -0.3 is 5.11 Å². The Bertz CT molecular complexity index is 632. The van der Waals surface area contributed by atoms with Crippen molar-refractivity contribution >= 4 is 0 Å². The minimum Gasteiger partial charge on any atom is -0.374 e. The maximum Gasteiger partial charge on any atom is 0.426 e. The maximum atomic E-state index is 13.4. The van der Waals surface area contributed by atoms with Gasteiger partial charge in [-0.05, 0) is 55.8 Å². The SMILES string of the molecule is OC(CC(C/C=C/C1CCC2CCCCC2C1)CC(F)=C(F)F)(C(F)(F)F)C(F)(F)F. The number of halogens is 9. The average molecular weight is 466 g/mol. The predicted octanol–water partition coefficient (Wildman–Crippen LogP) is 7.87. The van der Waals surface area contributed by atoms with E-state index >= 15 is 0 Å². The van der Waals surface area contributed by atoms with Gasteiger partial charge in [0.05, 0.1) is 0 Å². The Labute approximate surface area is 175 Å². The molecule has 0 aliphatic heterocycles. The number of hydrogen-bond donors (Lipinski definition) is 1. The van der Waals surface area contributed by atoms with Crippen molar-refractivity contribution < 1.29 is 44.6 Å². The van der Waals surface area contributed by atoms with Crippen LogP contribution in [0.4, 0.5) is 39.5 Å². The molecule has 180 valence electrons. The number of fused-ring (bicyclic) bond motifs is 1. The third kappa shape index (κ3) is 6.65. The van der Waals surface area contributed by atoms with Crippen LogP contribution in [0, 0.1) is 23.7 Å². The van der Waals surface area contributed by atoms with Crippen molar-refractivity contribution in [2.75, 3.05) is 0 Å². The van der Waals surface area contributed by atoms with Crippen LogP contribution in [0.15, 0.2) is 24.1 Å². The molecule has 31 heavy (non-hydrogen) atoms. The van der Waals surface area contributed by atoms with Crippen LogP contribution in [0.25, 0.3) is 0 Å². The summed E-state index contributed by atoms with van der Waals surface area (Å²) >= 11 is 0. The summed E-state index contributed by atoms with van der Waals surface area (Å²) in [6.07, 6.45) is -8.42. The summed E-state index contributed by atoms with van der Waals surface area (Å²) in [6.45, 7) is 0. The van der Waals surface area contributed by atoms with E-state index in [9.17, 15) is 44.6 Å². The molecule has 0 saturated heterocycles. The summed E-state index contributed by atoms with van der Waals surface area (Å²) in [6, 6.07) is 0. The summed E-state index contributed by atoms with van der Waals surface area (Å²) in [5, 5.41) is 9.38. The molecule has 4 unspecified atom stereocenters. The second-order valence-corrected chi connectivity index (χ2v) is 8.84. The number of rotatable bonds is 7. The zero-order valence-corrected chi connectivity index (χ0v) is 16.9. The Morgan fingerprint density at radius 1 is 0.871 bits per heavy atom. The van der Waals surface area contributed by atoms with E-state index in [0.29, 0.717) is 11.8 Å². The molecule has 2 aliphatic rings. The van der Waals surface area contributed by atoms with Crippen LogP contribution in [0.2, 0.25) is 0 Å². The molecule has 2 fully saturated rings. The Balaban J connectivity index is 2.11. The normalized spacial score (nSPS) is 26.6. The van der Waals surface area contributed by atoms with Gasteiger partial charge in [0.15, 0.2) is 5.83 Å². The van der Waals surface area contributed by atoms with Crippen LogP contribution in [-0.4, -0.2) is 23.1 Å². The smallest absolute Gasteiger partial charge is 0.374 e. The third-order valence-electron chi connectivity index (χ3n) is 6.65. The number of hydrogen-bond acceptors (Lipinski definition) is 1. The second-order valence-electron chi connectivity index (χ2n) is 8.84. The zero-order chi connectivity index (χ0) is 23.4. The molecular weight excluding hydrogens is 439 g/mol. The van der Waals surface area contributed by atoms with Crippen LogP contribution in [0.5, 0.6) is 0 Å². The largest absolute Gasteiger partial charge is 0.426 e. The molecule has 2 rings (SSSR count). The van der Waals surface area contributed by atoms with Crippen molar-refractivity contribution in [3.63, 3.8) is 0 Å². The van der Waals surface area contributed by atoms with Gasteiger partial charge in [-0.25, -0.2) is 4.39 Å². The van der Waals surface area contributed by atoms with E-state index in [1.54, 1.807) is 6.08 Å². The highest BCUT2D eigenvalue weighted by Gasteiger charge is 2.70. The lowest BCUT2D eigenvalue weighted by atomic mass is 9.67. The lowest BCUT2D eigenvalue weighted by molar-refractivity contribution is -0.372. The predicted molar refractivity (Wildman–Crippen MR) is 96.7 cm³/mol. The molecule has 0 heterocycles. The number of aliphatic hydroxyl groups is 1. The van der Waals surface area contributed by atoms with Crippen molar-refractivity contribution in [2.45, 2.75) is 82.2 Å². The molecule has 2 aliphatic carbocycles. The van der Waals surface area contributed by atoms with Gasteiger partial charge in [0.2, 0.25) is 0 Å². The topological polar surface area (TPSA) is 20.2 Å². The molecule has 0 spiro atoms. The quantitative estimate of drug-likeness (QED) is 0.299. The summed E-state index contributed by atoms with van der Waals surface area (Å²) in [5.74, 6) is -2.60. The molecule has 0 aromatic rings. The molecule has 1 N–H and O–H groups in total. The summed E-state index contributed by atoms with van der Waals surface area (Å²) in [7, 11) is 0. The first-order valence-electron chi connectivity index (χ1n) is 10.5. The number of allylic oxidation sites excluding steroid dienone is 3. The highest BCUT2D eigenvalue weighted by molar-refractivity contribution is 5.02. The minimum absolute atomic E-state index is 0.0995. The fraction of sp³-hybridized carbons (Fsp3) is 0.810. The van der Waals surface area contributed by atoms with E-state index in [1.807, 2.05) is 0 Å². The van der Waals surface area contributed by atoms with Gasteiger partial charge in [-0.1, -0.05) is 37.8 Å². The zero-order valence-electron chi connectivity index (χ0n) is 16.9. The first kappa shape index (κ1) is 26.1. The summed E-state index contributed by atoms with van der Waals surface area (Å²) in [5.41, 5.74) is -5.11. The van der Waals surface area contributed by atoms with E-state index in [-0.39, 0.29) is 5.92 Å². The van der Waals surface area contributed by atoms with Gasteiger partial charge in [-0.15, -0.1) is 0 Å². The van der Waals surface area contributed by atoms with E-state index in [4.69, 9.17) is 0 Å². The molecule has 0 aromatic carbocycles. The van der Waals surface area contributed by atoms with Crippen molar-refractivity contribution in [3.8, 4) is 0 Å². The Kier molecular flexibility index (Phi) is 8.55. The van der Waals surface area contributed by atoms with Crippen LogP contribution in [0.1, 0.15) is 64.2 Å². The minimum atomic E-state index is -6.08. The van der Waals surface area contributed by atoms with Crippen molar-refractivity contribution in [1.82, 2.24) is 0 Å².